The number of amides is 1. The lowest BCUT2D eigenvalue weighted by Gasteiger charge is -2.38. The Morgan fingerprint density at radius 2 is 2.07 bits per heavy atom. The first kappa shape index (κ1) is 21.2. The van der Waals surface area contributed by atoms with E-state index < -0.39 is 11.6 Å². The molecule has 0 bridgehead atoms. The van der Waals surface area contributed by atoms with Gasteiger partial charge in [-0.3, -0.25) is 4.79 Å². The highest BCUT2D eigenvalue weighted by Crippen LogP contribution is 2.36. The monoisotopic (exact) mass is 377 g/mol. The summed E-state index contributed by atoms with van der Waals surface area (Å²) in [5.74, 6) is 0.221. The fourth-order valence-electron chi connectivity index (χ4n) is 3.60. The third kappa shape index (κ3) is 5.22. The van der Waals surface area contributed by atoms with Crippen molar-refractivity contribution in [3.8, 4) is 5.75 Å². The van der Waals surface area contributed by atoms with Crippen LogP contribution in [0.3, 0.4) is 0 Å². The van der Waals surface area contributed by atoms with Gasteiger partial charge < -0.3 is 19.5 Å². The van der Waals surface area contributed by atoms with Crippen LogP contribution in [0.2, 0.25) is 0 Å². The van der Waals surface area contributed by atoms with Crippen molar-refractivity contribution in [2.24, 2.45) is 5.92 Å². The summed E-state index contributed by atoms with van der Waals surface area (Å²) >= 11 is 0. The van der Waals surface area contributed by atoms with E-state index in [1.807, 2.05) is 6.92 Å². The van der Waals surface area contributed by atoms with E-state index in [-0.39, 0.29) is 18.1 Å². The van der Waals surface area contributed by atoms with Crippen LogP contribution in [0, 0.1) is 5.92 Å². The minimum atomic E-state index is -0.808. The van der Waals surface area contributed by atoms with Crippen LogP contribution in [-0.4, -0.2) is 37.8 Å². The number of hydrogen-bond acceptors (Lipinski definition) is 5. The molecule has 1 aromatic rings. The highest BCUT2D eigenvalue weighted by molar-refractivity contribution is 5.99. The number of anilines is 1. The predicted octanol–water partition coefficient (Wildman–Crippen LogP) is 4.19. The van der Waals surface area contributed by atoms with Gasteiger partial charge in [-0.15, -0.1) is 0 Å². The van der Waals surface area contributed by atoms with E-state index in [0.717, 1.165) is 19.3 Å². The minimum Gasteiger partial charge on any atom is -0.496 e. The Morgan fingerprint density at radius 1 is 1.30 bits per heavy atom. The molecule has 2 rings (SSSR count). The zero-order valence-corrected chi connectivity index (χ0v) is 16.8. The molecule has 0 heterocycles. The minimum absolute atomic E-state index is 0.150. The van der Waals surface area contributed by atoms with Gasteiger partial charge in [-0.2, -0.15) is 0 Å². The van der Waals surface area contributed by atoms with Crippen molar-refractivity contribution < 1.29 is 23.8 Å². The van der Waals surface area contributed by atoms with Crippen molar-refractivity contribution >= 4 is 17.6 Å². The molecule has 2 unspecified atom stereocenters. The van der Waals surface area contributed by atoms with E-state index in [1.54, 1.807) is 25.1 Å². The summed E-state index contributed by atoms with van der Waals surface area (Å²) in [7, 11) is 1.49. The van der Waals surface area contributed by atoms with Crippen molar-refractivity contribution in [3.05, 3.63) is 23.8 Å². The molecule has 27 heavy (non-hydrogen) atoms. The van der Waals surface area contributed by atoms with Gasteiger partial charge in [-0.05, 0) is 56.7 Å². The van der Waals surface area contributed by atoms with Crippen LogP contribution >= 0.6 is 0 Å². The summed E-state index contributed by atoms with van der Waals surface area (Å²) in [5, 5.41) is 2.94. The smallest absolute Gasteiger partial charge is 0.341 e. The number of esters is 1. The molecule has 1 aliphatic rings. The third-order valence-corrected chi connectivity index (χ3v) is 4.90. The predicted molar refractivity (Wildman–Crippen MR) is 104 cm³/mol. The molecule has 1 saturated carbocycles. The fourth-order valence-corrected chi connectivity index (χ4v) is 3.60. The number of nitrogens with one attached hydrogen (secondary N) is 1. The van der Waals surface area contributed by atoms with Crippen LogP contribution in [0.25, 0.3) is 0 Å². The lowest BCUT2D eigenvalue weighted by Crippen LogP contribution is -2.48. The molecule has 0 aliphatic heterocycles. The number of rotatable bonds is 8. The van der Waals surface area contributed by atoms with E-state index in [1.165, 1.54) is 7.11 Å². The number of ether oxygens (including phenoxy) is 3. The van der Waals surface area contributed by atoms with Gasteiger partial charge in [0.05, 0.1) is 13.7 Å². The molecule has 1 fully saturated rings. The zero-order chi connectivity index (χ0) is 19.9. The second-order valence-corrected chi connectivity index (χ2v) is 7.13. The Hall–Kier alpha value is -2.08. The summed E-state index contributed by atoms with van der Waals surface area (Å²) in [6.45, 7) is 6.76. The standard InChI is InChI=1S/C21H31NO5/c1-5-12-27-21(11-7-8-15(3)14-21)20(24)22-16-9-10-18(25-4)17(13-16)19(23)26-6-2/h9-10,13,15H,5-8,11-12,14H2,1-4H3,(H,22,24). The zero-order valence-electron chi connectivity index (χ0n) is 16.8. The molecule has 1 amide bonds. The third-order valence-electron chi connectivity index (χ3n) is 4.90. The second-order valence-electron chi connectivity index (χ2n) is 7.13. The largest absolute Gasteiger partial charge is 0.496 e. The van der Waals surface area contributed by atoms with Crippen LogP contribution in [0.4, 0.5) is 5.69 Å². The molecule has 0 saturated heterocycles. The molecule has 0 spiro atoms. The summed E-state index contributed by atoms with van der Waals surface area (Å²) in [5.41, 5.74) is 0.0109. The number of carbonyl (C=O) groups is 2. The van der Waals surface area contributed by atoms with E-state index in [0.29, 0.717) is 36.8 Å². The van der Waals surface area contributed by atoms with Gasteiger partial charge in [0.15, 0.2) is 0 Å². The van der Waals surface area contributed by atoms with Crippen LogP contribution in [-0.2, 0) is 14.3 Å². The SMILES string of the molecule is CCCOC1(C(=O)Nc2ccc(OC)c(C(=O)OCC)c2)CCCC(C)C1. The van der Waals surface area contributed by atoms with Crippen molar-refractivity contribution in [3.63, 3.8) is 0 Å². The van der Waals surface area contributed by atoms with E-state index >= 15 is 0 Å². The maximum atomic E-state index is 13.1. The quantitative estimate of drug-likeness (QED) is 0.688. The highest BCUT2D eigenvalue weighted by Gasteiger charge is 2.42. The molecule has 1 N–H and O–H groups in total. The highest BCUT2D eigenvalue weighted by atomic mass is 16.5. The number of carbonyl (C=O) groups excluding carboxylic acids is 2. The van der Waals surface area contributed by atoms with Gasteiger partial charge in [0.2, 0.25) is 0 Å². The van der Waals surface area contributed by atoms with Crippen molar-refractivity contribution in [2.45, 2.75) is 58.5 Å². The van der Waals surface area contributed by atoms with Gasteiger partial charge in [-0.25, -0.2) is 4.79 Å². The van der Waals surface area contributed by atoms with Crippen LogP contribution in [0.1, 0.15) is 63.2 Å². The van der Waals surface area contributed by atoms with Crippen LogP contribution in [0.15, 0.2) is 18.2 Å². The molecule has 0 aromatic heterocycles. The first-order valence-electron chi connectivity index (χ1n) is 9.76. The molecule has 0 radical (unpaired) electrons. The van der Waals surface area contributed by atoms with Gasteiger partial charge in [-0.1, -0.05) is 20.3 Å². The molecule has 1 aliphatic carbocycles. The maximum Gasteiger partial charge on any atom is 0.341 e. The topological polar surface area (TPSA) is 73.9 Å². The summed E-state index contributed by atoms with van der Waals surface area (Å²) in [4.78, 5) is 25.3. The first-order chi connectivity index (χ1) is 13.0. The Balaban J connectivity index is 2.24. The number of methoxy groups -OCH3 is 1. The fraction of sp³-hybridized carbons (Fsp3) is 0.619. The Labute approximate surface area is 161 Å². The lowest BCUT2D eigenvalue weighted by molar-refractivity contribution is -0.148. The molecule has 150 valence electrons. The Bertz CT molecular complexity index is 660. The van der Waals surface area contributed by atoms with Crippen LogP contribution < -0.4 is 10.1 Å². The van der Waals surface area contributed by atoms with Gasteiger partial charge in [0.25, 0.3) is 5.91 Å². The molecule has 6 heteroatoms. The van der Waals surface area contributed by atoms with Gasteiger partial charge in [0, 0.05) is 12.3 Å². The average molecular weight is 377 g/mol. The van der Waals surface area contributed by atoms with E-state index in [2.05, 4.69) is 12.2 Å². The summed E-state index contributed by atoms with van der Waals surface area (Å²) in [6, 6.07) is 4.97. The Kier molecular flexibility index (Phi) is 7.66. The van der Waals surface area contributed by atoms with Gasteiger partial charge >= 0.3 is 5.97 Å². The number of benzene rings is 1. The molecule has 2 atom stereocenters. The first-order valence-corrected chi connectivity index (χ1v) is 9.76. The van der Waals surface area contributed by atoms with Gasteiger partial charge in [0.1, 0.15) is 16.9 Å². The summed E-state index contributed by atoms with van der Waals surface area (Å²) < 4.78 is 16.4. The normalized spacial score (nSPS) is 22.1. The lowest BCUT2D eigenvalue weighted by atomic mass is 9.78. The average Bonchev–Trinajstić information content (AvgIpc) is 2.66. The van der Waals surface area contributed by atoms with Crippen molar-refractivity contribution in [1.82, 2.24) is 0 Å². The Morgan fingerprint density at radius 3 is 2.70 bits per heavy atom. The molecule has 6 nitrogen and oxygen atoms in total. The molecular formula is C21H31NO5. The van der Waals surface area contributed by atoms with Crippen molar-refractivity contribution in [1.29, 1.82) is 0 Å². The van der Waals surface area contributed by atoms with E-state index in [9.17, 15) is 9.59 Å². The molecular weight excluding hydrogens is 346 g/mol. The van der Waals surface area contributed by atoms with Crippen LogP contribution in [0.5, 0.6) is 5.75 Å². The van der Waals surface area contributed by atoms with E-state index in [4.69, 9.17) is 14.2 Å². The summed E-state index contributed by atoms with van der Waals surface area (Å²) in [6.07, 6.45) is 4.36. The maximum absolute atomic E-state index is 13.1. The second kappa shape index (κ2) is 9.74. The number of hydrogen-bond donors (Lipinski definition) is 1. The molecule has 1 aromatic carbocycles. The van der Waals surface area contributed by atoms with Crippen molar-refractivity contribution in [2.75, 3.05) is 25.6 Å².